The van der Waals surface area contributed by atoms with Crippen molar-refractivity contribution in [2.45, 2.75) is 13.5 Å². The van der Waals surface area contributed by atoms with Gasteiger partial charge in [-0.1, -0.05) is 11.6 Å². The van der Waals surface area contributed by atoms with E-state index in [0.29, 0.717) is 17.1 Å². The van der Waals surface area contributed by atoms with E-state index in [-0.39, 0.29) is 5.91 Å². The molecule has 2 aromatic rings. The van der Waals surface area contributed by atoms with Crippen molar-refractivity contribution in [2.75, 3.05) is 19.4 Å². The van der Waals surface area contributed by atoms with Crippen LogP contribution in [-0.4, -0.2) is 29.9 Å². The largest absolute Gasteiger partial charge is 0.380 e. The first kappa shape index (κ1) is 15.3. The second kappa shape index (κ2) is 6.59. The lowest BCUT2D eigenvalue weighted by molar-refractivity contribution is 0.0828. The first-order valence-electron chi connectivity index (χ1n) is 6.63. The standard InChI is InChI=1S/C16H18ClN3O/c1-11-6-7-18-9-12(11)10-19-15-8-13(17)4-5-14(15)16(21)20(2)3/h4-9,19H,10H2,1-3H3. The second-order valence-electron chi connectivity index (χ2n) is 5.05. The molecule has 2 rings (SSSR count). The summed E-state index contributed by atoms with van der Waals surface area (Å²) < 4.78 is 0. The zero-order valence-electron chi connectivity index (χ0n) is 12.4. The molecular weight excluding hydrogens is 286 g/mol. The Balaban J connectivity index is 2.25. The summed E-state index contributed by atoms with van der Waals surface area (Å²) in [6, 6.07) is 7.19. The summed E-state index contributed by atoms with van der Waals surface area (Å²) in [4.78, 5) is 17.9. The maximum absolute atomic E-state index is 12.2. The minimum Gasteiger partial charge on any atom is -0.380 e. The van der Waals surface area contributed by atoms with Gasteiger partial charge in [-0.05, 0) is 42.3 Å². The Bertz CT molecular complexity index is 656. The van der Waals surface area contributed by atoms with E-state index in [4.69, 9.17) is 11.6 Å². The molecule has 21 heavy (non-hydrogen) atoms. The molecule has 4 nitrogen and oxygen atoms in total. The van der Waals surface area contributed by atoms with Crippen molar-refractivity contribution in [1.82, 2.24) is 9.88 Å². The van der Waals surface area contributed by atoms with Gasteiger partial charge >= 0.3 is 0 Å². The number of anilines is 1. The number of pyridine rings is 1. The normalized spacial score (nSPS) is 10.3. The fraction of sp³-hybridized carbons (Fsp3) is 0.250. The van der Waals surface area contributed by atoms with Crippen LogP contribution in [0.2, 0.25) is 5.02 Å². The van der Waals surface area contributed by atoms with Crippen molar-refractivity contribution >= 4 is 23.2 Å². The molecule has 0 saturated heterocycles. The van der Waals surface area contributed by atoms with Gasteiger partial charge in [-0.25, -0.2) is 0 Å². The van der Waals surface area contributed by atoms with Crippen LogP contribution in [0.4, 0.5) is 5.69 Å². The summed E-state index contributed by atoms with van der Waals surface area (Å²) in [6.45, 7) is 2.62. The number of amides is 1. The fourth-order valence-electron chi connectivity index (χ4n) is 1.96. The maximum Gasteiger partial charge on any atom is 0.255 e. The molecular formula is C16H18ClN3O. The third-order valence-electron chi connectivity index (χ3n) is 3.23. The van der Waals surface area contributed by atoms with Crippen LogP contribution in [0.5, 0.6) is 0 Å². The molecule has 1 amide bonds. The highest BCUT2D eigenvalue weighted by Gasteiger charge is 2.13. The van der Waals surface area contributed by atoms with Crippen molar-refractivity contribution in [3.8, 4) is 0 Å². The topological polar surface area (TPSA) is 45.2 Å². The van der Waals surface area contributed by atoms with Gasteiger partial charge in [0.05, 0.1) is 5.56 Å². The molecule has 0 spiro atoms. The highest BCUT2D eigenvalue weighted by atomic mass is 35.5. The zero-order chi connectivity index (χ0) is 15.4. The average molecular weight is 304 g/mol. The number of halogens is 1. The SMILES string of the molecule is Cc1ccncc1CNc1cc(Cl)ccc1C(=O)N(C)C. The lowest BCUT2D eigenvalue weighted by Gasteiger charge is -2.16. The van der Waals surface area contributed by atoms with Gasteiger partial charge in [0.15, 0.2) is 0 Å². The van der Waals surface area contributed by atoms with Gasteiger partial charge in [0.2, 0.25) is 0 Å². The quantitative estimate of drug-likeness (QED) is 0.942. The number of carbonyl (C=O) groups is 1. The van der Waals surface area contributed by atoms with Crippen LogP contribution in [0.15, 0.2) is 36.7 Å². The molecule has 0 fully saturated rings. The Morgan fingerprint density at radius 3 is 2.76 bits per heavy atom. The molecule has 0 bridgehead atoms. The molecule has 0 aliphatic heterocycles. The van der Waals surface area contributed by atoms with Crippen LogP contribution in [-0.2, 0) is 6.54 Å². The average Bonchev–Trinajstić information content (AvgIpc) is 2.46. The summed E-state index contributed by atoms with van der Waals surface area (Å²) in [5.41, 5.74) is 3.57. The fourth-order valence-corrected chi connectivity index (χ4v) is 2.13. The Hall–Kier alpha value is -2.07. The number of nitrogens with one attached hydrogen (secondary N) is 1. The molecule has 0 unspecified atom stereocenters. The Kier molecular flexibility index (Phi) is 4.81. The van der Waals surface area contributed by atoms with Crippen LogP contribution >= 0.6 is 11.6 Å². The number of hydrogen-bond donors (Lipinski definition) is 1. The van der Waals surface area contributed by atoms with E-state index in [1.807, 2.05) is 19.2 Å². The minimum absolute atomic E-state index is 0.0583. The number of aryl methyl sites for hydroxylation is 1. The van der Waals surface area contributed by atoms with Gasteiger partial charge < -0.3 is 10.2 Å². The molecule has 0 aliphatic carbocycles. The van der Waals surface area contributed by atoms with Crippen molar-refractivity contribution in [3.05, 3.63) is 58.4 Å². The molecule has 5 heteroatoms. The monoisotopic (exact) mass is 303 g/mol. The number of rotatable bonds is 4. The molecule has 0 radical (unpaired) electrons. The number of carbonyl (C=O) groups excluding carboxylic acids is 1. The first-order chi connectivity index (χ1) is 9.99. The van der Waals surface area contributed by atoms with Gasteiger partial charge in [0.25, 0.3) is 5.91 Å². The molecule has 110 valence electrons. The number of benzene rings is 1. The van der Waals surface area contributed by atoms with Crippen molar-refractivity contribution in [3.63, 3.8) is 0 Å². The van der Waals surface area contributed by atoms with E-state index in [2.05, 4.69) is 10.3 Å². The molecule has 0 aliphatic rings. The van der Waals surface area contributed by atoms with Crippen LogP contribution in [0, 0.1) is 6.92 Å². The van der Waals surface area contributed by atoms with Gasteiger partial charge in [0, 0.05) is 43.7 Å². The number of aromatic nitrogens is 1. The van der Waals surface area contributed by atoms with E-state index in [1.54, 1.807) is 43.4 Å². The van der Waals surface area contributed by atoms with Crippen molar-refractivity contribution in [1.29, 1.82) is 0 Å². The summed E-state index contributed by atoms with van der Waals surface area (Å²) in [5, 5.41) is 3.87. The van der Waals surface area contributed by atoms with E-state index in [9.17, 15) is 4.79 Å². The number of nitrogens with zero attached hydrogens (tertiary/aromatic N) is 2. The predicted octanol–water partition coefficient (Wildman–Crippen LogP) is 3.36. The van der Waals surface area contributed by atoms with Crippen molar-refractivity contribution < 1.29 is 4.79 Å². The van der Waals surface area contributed by atoms with Crippen LogP contribution < -0.4 is 5.32 Å². The van der Waals surface area contributed by atoms with E-state index < -0.39 is 0 Å². The maximum atomic E-state index is 12.2. The van der Waals surface area contributed by atoms with Gasteiger partial charge in [0.1, 0.15) is 0 Å². The number of hydrogen-bond acceptors (Lipinski definition) is 3. The highest BCUT2D eigenvalue weighted by Crippen LogP contribution is 2.23. The summed E-state index contributed by atoms with van der Waals surface area (Å²) >= 11 is 6.04. The Morgan fingerprint density at radius 1 is 1.33 bits per heavy atom. The molecule has 1 N–H and O–H groups in total. The predicted molar refractivity (Wildman–Crippen MR) is 85.8 cm³/mol. The third-order valence-corrected chi connectivity index (χ3v) is 3.47. The first-order valence-corrected chi connectivity index (χ1v) is 7.01. The van der Waals surface area contributed by atoms with Gasteiger partial charge in [-0.2, -0.15) is 0 Å². The van der Waals surface area contributed by atoms with E-state index in [0.717, 1.165) is 16.8 Å². The minimum atomic E-state index is -0.0583. The van der Waals surface area contributed by atoms with Crippen molar-refractivity contribution in [2.24, 2.45) is 0 Å². The zero-order valence-corrected chi connectivity index (χ0v) is 13.1. The summed E-state index contributed by atoms with van der Waals surface area (Å²) in [7, 11) is 3.46. The smallest absolute Gasteiger partial charge is 0.255 e. The Morgan fingerprint density at radius 2 is 2.10 bits per heavy atom. The van der Waals surface area contributed by atoms with Crippen LogP contribution in [0.25, 0.3) is 0 Å². The lowest BCUT2D eigenvalue weighted by atomic mass is 10.1. The molecule has 0 saturated carbocycles. The van der Waals surface area contributed by atoms with Crippen LogP contribution in [0.3, 0.4) is 0 Å². The molecule has 1 aromatic heterocycles. The molecule has 1 aromatic carbocycles. The lowest BCUT2D eigenvalue weighted by Crippen LogP contribution is -2.23. The van der Waals surface area contributed by atoms with Crippen LogP contribution in [0.1, 0.15) is 21.5 Å². The summed E-state index contributed by atoms with van der Waals surface area (Å²) in [5.74, 6) is -0.0583. The van der Waals surface area contributed by atoms with Gasteiger partial charge in [-0.3, -0.25) is 9.78 Å². The van der Waals surface area contributed by atoms with E-state index >= 15 is 0 Å². The second-order valence-corrected chi connectivity index (χ2v) is 5.48. The van der Waals surface area contributed by atoms with Gasteiger partial charge in [-0.15, -0.1) is 0 Å². The summed E-state index contributed by atoms with van der Waals surface area (Å²) in [6.07, 6.45) is 3.58. The molecule has 0 atom stereocenters. The highest BCUT2D eigenvalue weighted by molar-refractivity contribution is 6.31. The Labute approximate surface area is 129 Å². The van der Waals surface area contributed by atoms with E-state index in [1.165, 1.54) is 0 Å². The third kappa shape index (κ3) is 3.73. The molecule has 1 heterocycles.